The number of nitrogens with one attached hydrogen (secondary N) is 2. The van der Waals surface area contributed by atoms with Gasteiger partial charge < -0.3 is 20.0 Å². The Morgan fingerprint density at radius 2 is 1.82 bits per heavy atom. The quantitative estimate of drug-likeness (QED) is 0.265. The molecule has 0 bridgehead atoms. The number of hydrogen-bond donors (Lipinski definition) is 3. The van der Waals surface area contributed by atoms with Crippen molar-refractivity contribution in [3.8, 4) is 5.75 Å². The molecule has 5 aromatic rings. The van der Waals surface area contributed by atoms with E-state index in [4.69, 9.17) is 0 Å². The molecule has 206 valence electrons. The van der Waals surface area contributed by atoms with Crippen molar-refractivity contribution in [2.24, 2.45) is 7.05 Å². The fourth-order valence-corrected chi connectivity index (χ4v) is 4.54. The van der Waals surface area contributed by atoms with E-state index in [1.807, 2.05) is 18.5 Å². The van der Waals surface area contributed by atoms with Crippen LogP contribution in [-0.2, 0) is 26.6 Å². The van der Waals surface area contributed by atoms with E-state index in [1.165, 1.54) is 31.3 Å². The van der Waals surface area contributed by atoms with Crippen molar-refractivity contribution in [3.05, 3.63) is 108 Å². The zero-order chi connectivity index (χ0) is 28.7. The highest BCUT2D eigenvalue weighted by atomic mass is 19.2. The number of aromatic amines is 1. The second-order valence-electron chi connectivity index (χ2n) is 9.33. The number of nitrogens with zero attached hydrogens (tertiary/aromatic N) is 5. The van der Waals surface area contributed by atoms with Gasteiger partial charge in [0.2, 0.25) is 5.95 Å². The van der Waals surface area contributed by atoms with Crippen LogP contribution in [0.2, 0.25) is 0 Å². The highest BCUT2D eigenvalue weighted by Crippen LogP contribution is 2.31. The van der Waals surface area contributed by atoms with Crippen molar-refractivity contribution in [3.63, 3.8) is 0 Å². The first kappa shape index (κ1) is 26.5. The average molecular weight is 550 g/mol. The van der Waals surface area contributed by atoms with Gasteiger partial charge in [0.15, 0.2) is 11.6 Å². The first-order valence-corrected chi connectivity index (χ1v) is 12.4. The Morgan fingerprint density at radius 3 is 2.52 bits per heavy atom. The summed E-state index contributed by atoms with van der Waals surface area (Å²) in [6.45, 7) is 2.66. The van der Waals surface area contributed by atoms with Crippen LogP contribution < -0.4 is 22.3 Å². The van der Waals surface area contributed by atoms with Crippen LogP contribution in [0.3, 0.4) is 0 Å². The number of aryl methyl sites for hydroxylation is 3. The number of aromatic hydroxyl groups is 1. The summed E-state index contributed by atoms with van der Waals surface area (Å²) in [5, 5.41) is 13.5. The normalized spacial score (nSPS) is 11.3. The van der Waals surface area contributed by atoms with Crippen molar-refractivity contribution < 1.29 is 13.9 Å². The summed E-state index contributed by atoms with van der Waals surface area (Å²) >= 11 is 0. The number of anilines is 2. The molecule has 0 atom stereocenters. The third-order valence-electron chi connectivity index (χ3n) is 6.64. The predicted octanol–water partition coefficient (Wildman–Crippen LogP) is 2.67. The van der Waals surface area contributed by atoms with Gasteiger partial charge in [-0.3, -0.25) is 9.36 Å². The molecular formula is C27H25F2N7O4. The molecule has 3 N–H and O–H groups in total. The summed E-state index contributed by atoms with van der Waals surface area (Å²) in [6.07, 6.45) is 2.07. The van der Waals surface area contributed by atoms with Gasteiger partial charge >= 0.3 is 11.4 Å². The zero-order valence-corrected chi connectivity index (χ0v) is 21.8. The number of H-pyrrole nitrogens is 1. The van der Waals surface area contributed by atoms with Crippen LogP contribution in [0.1, 0.15) is 29.4 Å². The molecule has 13 heteroatoms. The van der Waals surface area contributed by atoms with Gasteiger partial charge in [0, 0.05) is 31.3 Å². The smallest absolute Gasteiger partial charge is 0.355 e. The van der Waals surface area contributed by atoms with Gasteiger partial charge in [-0.15, -0.1) is 0 Å². The maximum Gasteiger partial charge on any atom is 0.355 e. The fourth-order valence-electron chi connectivity index (χ4n) is 4.54. The molecule has 0 spiro atoms. The van der Waals surface area contributed by atoms with Crippen LogP contribution in [-0.4, -0.2) is 33.8 Å². The lowest BCUT2D eigenvalue weighted by Crippen LogP contribution is -2.43. The summed E-state index contributed by atoms with van der Waals surface area (Å²) in [6, 6.07) is 8.38. The number of aromatic nitrogens is 6. The average Bonchev–Trinajstić information content (AvgIpc) is 3.22. The predicted molar refractivity (Wildman–Crippen MR) is 144 cm³/mol. The molecule has 0 saturated heterocycles. The summed E-state index contributed by atoms with van der Waals surface area (Å²) in [7, 11) is 1.82. The maximum atomic E-state index is 14.2. The third kappa shape index (κ3) is 4.77. The lowest BCUT2D eigenvalue weighted by atomic mass is 10.1. The van der Waals surface area contributed by atoms with Crippen LogP contribution in [0, 0.1) is 18.6 Å². The Bertz CT molecular complexity index is 1930. The van der Waals surface area contributed by atoms with Crippen molar-refractivity contribution in [2.75, 3.05) is 5.32 Å². The van der Waals surface area contributed by atoms with Crippen LogP contribution in [0.4, 0.5) is 20.4 Å². The highest BCUT2D eigenvalue weighted by molar-refractivity contribution is 5.84. The molecule has 11 nitrogen and oxygen atoms in total. The number of halogens is 2. The number of imidazole rings is 1. The van der Waals surface area contributed by atoms with Crippen LogP contribution in [0.25, 0.3) is 11.0 Å². The summed E-state index contributed by atoms with van der Waals surface area (Å²) in [4.78, 5) is 49.9. The maximum absolute atomic E-state index is 14.2. The van der Waals surface area contributed by atoms with E-state index in [-0.39, 0.29) is 47.2 Å². The summed E-state index contributed by atoms with van der Waals surface area (Å²) < 4.78 is 31.8. The fraction of sp³-hybridized carbons (Fsp3) is 0.222. The Morgan fingerprint density at radius 1 is 1.05 bits per heavy atom. The molecule has 40 heavy (non-hydrogen) atoms. The molecule has 3 aromatic heterocycles. The number of benzene rings is 2. The minimum atomic E-state index is -1.10. The van der Waals surface area contributed by atoms with E-state index in [0.717, 1.165) is 21.0 Å². The SMILES string of the molecule is CCc1nc2cc(O)c(Nc3nc(=O)n(Cc4ccc[nH]c4=O)c(=O)n3Cc3cc(C)c(F)c(F)c3)cc2n1C. The number of fused-ring (bicyclic) bond motifs is 1. The number of phenols is 1. The second-order valence-corrected chi connectivity index (χ2v) is 9.33. The van der Waals surface area contributed by atoms with Gasteiger partial charge in [-0.1, -0.05) is 19.1 Å². The molecule has 0 saturated carbocycles. The van der Waals surface area contributed by atoms with E-state index in [0.29, 0.717) is 17.5 Å². The van der Waals surface area contributed by atoms with Crippen LogP contribution >= 0.6 is 0 Å². The molecule has 0 fully saturated rings. The van der Waals surface area contributed by atoms with E-state index in [2.05, 4.69) is 20.3 Å². The Kier molecular flexibility index (Phi) is 6.80. The Balaban J connectivity index is 1.66. The molecule has 0 aliphatic heterocycles. The van der Waals surface area contributed by atoms with Gasteiger partial charge in [-0.05, 0) is 36.2 Å². The topological polar surface area (TPSA) is 140 Å². The molecule has 0 aliphatic rings. The van der Waals surface area contributed by atoms with Crippen molar-refractivity contribution in [1.29, 1.82) is 0 Å². The molecular weight excluding hydrogens is 524 g/mol. The number of rotatable bonds is 7. The van der Waals surface area contributed by atoms with Crippen molar-refractivity contribution in [1.82, 2.24) is 28.7 Å². The third-order valence-corrected chi connectivity index (χ3v) is 6.64. The molecule has 0 amide bonds. The standard InChI is InChI=1S/C27H25F2N7O4/c1-4-22-31-18-11-21(37)19(10-20(18)34(22)3)32-25-33-26(39)36(13-16-6-5-7-30-24(16)38)27(40)35(25)12-15-8-14(2)23(29)17(28)9-15/h5-11,37H,4,12-13H2,1-3H3,(H,30,38)(H,32,33,39). The van der Waals surface area contributed by atoms with Crippen molar-refractivity contribution in [2.45, 2.75) is 33.4 Å². The van der Waals surface area contributed by atoms with E-state index >= 15 is 0 Å². The van der Waals surface area contributed by atoms with Gasteiger partial charge in [0.05, 0.1) is 29.8 Å². The highest BCUT2D eigenvalue weighted by Gasteiger charge is 2.19. The van der Waals surface area contributed by atoms with Gasteiger partial charge in [0.25, 0.3) is 5.56 Å². The summed E-state index contributed by atoms with van der Waals surface area (Å²) in [5.74, 6) is -1.78. The van der Waals surface area contributed by atoms with E-state index in [9.17, 15) is 28.3 Å². The Hall–Kier alpha value is -5.07. The minimum Gasteiger partial charge on any atom is -0.506 e. The number of phenolic OH excluding ortho intramolecular Hbond substituents is 1. The minimum absolute atomic E-state index is 0.0284. The lowest BCUT2D eigenvalue weighted by Gasteiger charge is -2.17. The molecule has 3 heterocycles. The monoisotopic (exact) mass is 549 g/mol. The molecule has 2 aromatic carbocycles. The van der Waals surface area contributed by atoms with Crippen LogP contribution in [0.15, 0.2) is 57.0 Å². The molecule has 0 unspecified atom stereocenters. The lowest BCUT2D eigenvalue weighted by molar-refractivity contribution is 0.478. The van der Waals surface area contributed by atoms with Gasteiger partial charge in [0.1, 0.15) is 11.6 Å². The first-order valence-electron chi connectivity index (χ1n) is 12.4. The van der Waals surface area contributed by atoms with E-state index in [1.54, 1.807) is 12.1 Å². The first-order chi connectivity index (χ1) is 19.1. The van der Waals surface area contributed by atoms with Crippen LogP contribution in [0.5, 0.6) is 5.75 Å². The summed E-state index contributed by atoms with van der Waals surface area (Å²) in [5.41, 5.74) is -0.537. The zero-order valence-electron chi connectivity index (χ0n) is 21.8. The molecule has 5 rings (SSSR count). The van der Waals surface area contributed by atoms with E-state index < -0.39 is 28.6 Å². The number of pyridine rings is 1. The van der Waals surface area contributed by atoms with Gasteiger partial charge in [-0.2, -0.15) is 4.98 Å². The van der Waals surface area contributed by atoms with Crippen molar-refractivity contribution >= 4 is 22.7 Å². The number of hydrogen-bond acceptors (Lipinski definition) is 7. The largest absolute Gasteiger partial charge is 0.506 e. The molecule has 0 radical (unpaired) electrons. The second kappa shape index (κ2) is 10.2. The Labute approximate surface area is 225 Å². The molecule has 0 aliphatic carbocycles. The van der Waals surface area contributed by atoms with Gasteiger partial charge in [-0.25, -0.2) is 27.9 Å².